The molecule has 226 valence electrons. The number of carboxylic acid groups (broad SMARTS) is 1. The van der Waals surface area contributed by atoms with E-state index in [1.54, 1.807) is 6.08 Å². The summed E-state index contributed by atoms with van der Waals surface area (Å²) in [6.07, 6.45) is 8.71. The van der Waals surface area contributed by atoms with Crippen molar-refractivity contribution in [2.75, 3.05) is 7.11 Å². The molecular formula is C35H36N4NaO5+. The van der Waals surface area contributed by atoms with Crippen LogP contribution in [0.15, 0.2) is 108 Å². The van der Waals surface area contributed by atoms with E-state index in [9.17, 15) is 19.5 Å². The van der Waals surface area contributed by atoms with Crippen molar-refractivity contribution in [2.24, 2.45) is 38.6 Å². The topological polar surface area (TPSA) is 130 Å². The van der Waals surface area contributed by atoms with E-state index in [4.69, 9.17) is 19.7 Å². The fourth-order valence-electron chi connectivity index (χ4n) is 7.24. The molecule has 2 fully saturated rings. The predicted octanol–water partition coefficient (Wildman–Crippen LogP) is 2.49. The van der Waals surface area contributed by atoms with E-state index in [-0.39, 0.29) is 53.6 Å². The number of fused-ring (bicyclic) bond motifs is 5. The number of ether oxygens (including phenoxy) is 1. The van der Waals surface area contributed by atoms with Gasteiger partial charge in [-0.05, 0) is 74.1 Å². The van der Waals surface area contributed by atoms with Crippen LogP contribution in [-0.2, 0) is 19.1 Å². The van der Waals surface area contributed by atoms with E-state index in [2.05, 4.69) is 25.7 Å². The van der Waals surface area contributed by atoms with Gasteiger partial charge in [0.2, 0.25) is 0 Å². The zero-order chi connectivity index (χ0) is 31.6. The summed E-state index contributed by atoms with van der Waals surface area (Å²) in [5.41, 5.74) is 11.0. The number of carboxylic acids is 1. The first-order valence-corrected chi connectivity index (χ1v) is 15.0. The number of hydrogen-bond acceptors (Lipinski definition) is 8. The molecule has 2 N–H and O–H groups in total. The molecule has 0 radical (unpaired) electrons. The Morgan fingerprint density at radius 1 is 1.07 bits per heavy atom. The molecule has 0 amide bonds. The molecule has 1 aliphatic carbocycles. The minimum absolute atomic E-state index is 0. The number of carbonyl (C=O) groups excluding carboxylic acids is 2. The summed E-state index contributed by atoms with van der Waals surface area (Å²) >= 11 is 0. The van der Waals surface area contributed by atoms with E-state index >= 15 is 0 Å². The van der Waals surface area contributed by atoms with Crippen molar-refractivity contribution in [1.82, 2.24) is 5.32 Å². The SMILES string of the molecule is C=CC1=C(C)C2=NC1=CC1=NC(=CC3=C(C)C4C(=O)[C@H](C(=O)OC)C(=C5NC(=C2)[C@@H](C)[C@@H]5CCC(=O)O)C4=N3)C(CC)=C1C.[Na+]. The van der Waals surface area contributed by atoms with E-state index in [0.29, 0.717) is 29.1 Å². The van der Waals surface area contributed by atoms with E-state index in [0.717, 1.165) is 62.8 Å². The van der Waals surface area contributed by atoms with Crippen LogP contribution in [-0.4, -0.2) is 47.1 Å². The number of esters is 1. The van der Waals surface area contributed by atoms with E-state index < -0.39 is 23.8 Å². The molecule has 6 rings (SSSR count). The van der Waals surface area contributed by atoms with Gasteiger partial charge in [-0.1, -0.05) is 26.5 Å². The molecule has 0 spiro atoms. The van der Waals surface area contributed by atoms with Crippen molar-refractivity contribution in [3.05, 3.63) is 92.8 Å². The van der Waals surface area contributed by atoms with Gasteiger partial charge in [-0.3, -0.25) is 19.4 Å². The summed E-state index contributed by atoms with van der Waals surface area (Å²) in [7, 11) is 1.27. The van der Waals surface area contributed by atoms with Gasteiger partial charge in [0.1, 0.15) is 5.92 Å². The molecule has 1 saturated heterocycles. The molecule has 0 aromatic rings. The Bertz CT molecular complexity index is 1790. The van der Waals surface area contributed by atoms with Crippen molar-refractivity contribution in [1.29, 1.82) is 0 Å². The second-order valence-corrected chi connectivity index (χ2v) is 12.0. The molecule has 1 unspecified atom stereocenters. The quantitative estimate of drug-likeness (QED) is 0.268. The third-order valence-electron chi connectivity index (χ3n) is 9.71. The van der Waals surface area contributed by atoms with Crippen molar-refractivity contribution in [3.63, 3.8) is 0 Å². The first-order valence-electron chi connectivity index (χ1n) is 15.0. The van der Waals surface area contributed by atoms with Gasteiger partial charge in [-0.15, -0.1) is 0 Å². The first kappa shape index (κ1) is 32.7. The number of ketones is 1. The summed E-state index contributed by atoms with van der Waals surface area (Å²) in [6, 6.07) is 0. The van der Waals surface area contributed by atoms with Gasteiger partial charge in [0.25, 0.3) is 0 Å². The molecule has 4 atom stereocenters. The summed E-state index contributed by atoms with van der Waals surface area (Å²) in [5, 5.41) is 13.1. The number of methoxy groups -OCH3 is 1. The van der Waals surface area contributed by atoms with Crippen LogP contribution < -0.4 is 34.9 Å². The molecule has 6 aliphatic rings. The number of allylic oxidation sites excluding steroid dienone is 10. The summed E-state index contributed by atoms with van der Waals surface area (Å²) in [6.45, 7) is 14.1. The fourth-order valence-corrected chi connectivity index (χ4v) is 7.24. The number of aliphatic imine (C=N–C) groups is 3. The van der Waals surface area contributed by atoms with Gasteiger partial charge in [0.05, 0.1) is 47.3 Å². The number of nitrogens with zero attached hydrogens (tertiary/aromatic N) is 3. The van der Waals surface area contributed by atoms with Gasteiger partial charge in [0, 0.05) is 40.8 Å². The Balaban J connectivity index is 0.00000400. The van der Waals surface area contributed by atoms with Gasteiger partial charge in [-0.25, -0.2) is 9.98 Å². The van der Waals surface area contributed by atoms with Crippen LogP contribution in [0.25, 0.3) is 0 Å². The number of nitrogens with one attached hydrogen (secondary N) is 1. The molecule has 10 heteroatoms. The van der Waals surface area contributed by atoms with Crippen LogP contribution in [0.3, 0.4) is 0 Å². The van der Waals surface area contributed by atoms with Gasteiger partial charge < -0.3 is 15.2 Å². The minimum Gasteiger partial charge on any atom is -0.481 e. The summed E-state index contributed by atoms with van der Waals surface area (Å²) in [5.74, 6) is -4.15. The van der Waals surface area contributed by atoms with Crippen LogP contribution in [0.1, 0.15) is 53.9 Å². The van der Waals surface area contributed by atoms with Crippen molar-refractivity contribution in [2.45, 2.75) is 53.9 Å². The maximum Gasteiger partial charge on any atom is 1.00 e. The van der Waals surface area contributed by atoms with Crippen molar-refractivity contribution in [3.8, 4) is 0 Å². The van der Waals surface area contributed by atoms with E-state index in [1.807, 2.05) is 39.0 Å². The van der Waals surface area contributed by atoms with E-state index in [1.165, 1.54) is 7.11 Å². The molecule has 0 aromatic carbocycles. The van der Waals surface area contributed by atoms with Crippen molar-refractivity contribution < 1.29 is 53.8 Å². The maximum absolute atomic E-state index is 14.0. The van der Waals surface area contributed by atoms with Gasteiger partial charge in [-0.2, -0.15) is 0 Å². The molecule has 5 heterocycles. The first-order chi connectivity index (χ1) is 21.0. The monoisotopic (exact) mass is 615 g/mol. The smallest absolute Gasteiger partial charge is 0.481 e. The van der Waals surface area contributed by atoms with Crippen LogP contribution in [0, 0.1) is 23.7 Å². The van der Waals surface area contributed by atoms with Crippen LogP contribution in [0.5, 0.6) is 0 Å². The number of aliphatic carboxylic acids is 1. The second kappa shape index (κ2) is 12.3. The predicted molar refractivity (Wildman–Crippen MR) is 169 cm³/mol. The Morgan fingerprint density at radius 3 is 2.40 bits per heavy atom. The number of carbonyl (C=O) groups is 3. The molecular weight excluding hydrogens is 579 g/mol. The normalized spacial score (nSPS) is 26.7. The minimum atomic E-state index is -1.16. The number of hydrogen-bond donors (Lipinski definition) is 2. The zero-order valence-electron chi connectivity index (χ0n) is 26.9. The summed E-state index contributed by atoms with van der Waals surface area (Å²) < 4.78 is 5.14. The number of Topliss-reactive ketones (excluding diaryl/α,β-unsaturated/α-hetero) is 1. The molecule has 45 heavy (non-hydrogen) atoms. The molecule has 9 nitrogen and oxygen atoms in total. The maximum atomic E-state index is 14.0. The van der Waals surface area contributed by atoms with Gasteiger partial charge in [0.15, 0.2) is 5.78 Å². The molecule has 5 aliphatic heterocycles. The third-order valence-corrected chi connectivity index (χ3v) is 9.71. The fraction of sp³-hybridized carbons (Fsp3) is 0.371. The van der Waals surface area contributed by atoms with Crippen LogP contribution in [0.2, 0.25) is 0 Å². The Morgan fingerprint density at radius 2 is 1.76 bits per heavy atom. The van der Waals surface area contributed by atoms with Crippen LogP contribution >= 0.6 is 0 Å². The summed E-state index contributed by atoms with van der Waals surface area (Å²) in [4.78, 5) is 54.0. The zero-order valence-corrected chi connectivity index (χ0v) is 28.9. The largest absolute Gasteiger partial charge is 1.00 e. The third kappa shape index (κ3) is 5.15. The second-order valence-electron chi connectivity index (χ2n) is 12.0. The van der Waals surface area contributed by atoms with Crippen molar-refractivity contribution >= 4 is 34.9 Å². The molecule has 8 bridgehead atoms. The molecule has 0 aromatic heterocycles. The Labute approximate surface area is 285 Å². The van der Waals surface area contributed by atoms with Gasteiger partial charge >= 0.3 is 41.5 Å². The van der Waals surface area contributed by atoms with Crippen LogP contribution in [0.4, 0.5) is 0 Å². The Kier molecular flexibility index (Phi) is 8.92. The molecule has 1 saturated carbocycles. The standard InChI is InChI=1S/C35H36N4O5.Na/c1-8-19-15(3)22-12-24-17(5)21(10-11-28(40)41)32(38-24)30-31(35(43)44-7)34(42)29-18(6)25(39-33(29)30)14-27-20(9-2)16(4)23(37-27)13-26(19)36-22;/h8,12-14,17,21,29,31,38H,1,9-11H2,2-7H3,(H,40,41);/q;+1/t17-,21-,29?,31+;/m0./s1. The average molecular weight is 616 g/mol. The average Bonchev–Trinajstić information content (AvgIpc) is 3.72. The Hall–Kier alpha value is -3.66. The number of rotatable bonds is 6.